The van der Waals surface area contributed by atoms with Crippen LogP contribution in [0.3, 0.4) is 0 Å². The molecule has 10 heteroatoms. The number of allylic oxidation sites excluding steroid dienone is 1. The van der Waals surface area contributed by atoms with Gasteiger partial charge in [-0.1, -0.05) is 65.4 Å². The number of benzene rings is 3. The van der Waals surface area contributed by atoms with E-state index in [0.717, 1.165) is 11.1 Å². The van der Waals surface area contributed by atoms with E-state index in [0.29, 0.717) is 37.1 Å². The minimum Gasteiger partial charge on any atom is -0.482 e. The fourth-order valence-electron chi connectivity index (χ4n) is 4.25. The molecule has 0 radical (unpaired) electrons. The van der Waals surface area contributed by atoms with Crippen molar-refractivity contribution in [2.75, 3.05) is 11.9 Å². The molecule has 8 nitrogen and oxygen atoms in total. The highest BCUT2D eigenvalue weighted by atomic mass is 35.5. The van der Waals surface area contributed by atoms with E-state index in [1.807, 2.05) is 18.2 Å². The first-order valence-electron chi connectivity index (χ1n) is 11.9. The van der Waals surface area contributed by atoms with E-state index in [1.54, 1.807) is 73.7 Å². The summed E-state index contributed by atoms with van der Waals surface area (Å²) in [6.45, 7) is 1.32. The van der Waals surface area contributed by atoms with E-state index < -0.39 is 18.6 Å². The molecule has 0 unspecified atom stereocenters. The van der Waals surface area contributed by atoms with Gasteiger partial charge >= 0.3 is 5.97 Å². The van der Waals surface area contributed by atoms with Crippen molar-refractivity contribution < 1.29 is 19.4 Å². The number of halogens is 1. The van der Waals surface area contributed by atoms with Crippen molar-refractivity contribution in [2.24, 2.45) is 4.99 Å². The number of ether oxygens (including phenoxy) is 1. The number of anilines is 1. The van der Waals surface area contributed by atoms with Crippen molar-refractivity contribution in [3.05, 3.63) is 126 Å². The lowest BCUT2D eigenvalue weighted by atomic mass is 9.95. The second-order valence-corrected chi connectivity index (χ2v) is 10.2. The SMILES string of the molecule is CC1=C(C(=O)Nc2ccccc2)[C@@H](c2ccc(Cl)cc2)n2c(s/c(=C\c3ccc(OCC(=O)O)cc3)c2=O)=N1. The third-order valence-electron chi connectivity index (χ3n) is 6.02. The monoisotopic (exact) mass is 559 g/mol. The number of thiazole rings is 1. The van der Waals surface area contributed by atoms with Gasteiger partial charge in [0.2, 0.25) is 0 Å². The standard InChI is InChI=1S/C29H22ClN3O5S/c1-17-25(27(36)32-21-5-3-2-4-6-21)26(19-9-11-20(30)12-10-19)33-28(37)23(39-29(33)31-17)15-18-7-13-22(14-8-18)38-16-24(34)35/h2-15,26H,16H2,1H3,(H,32,36)(H,34,35)/b23-15-/t26-/m1/s1. The third kappa shape index (κ3) is 5.69. The Labute approximate surface area is 231 Å². The second kappa shape index (κ2) is 11.1. The molecule has 2 N–H and O–H groups in total. The number of amides is 1. The molecule has 0 fully saturated rings. The normalized spacial score (nSPS) is 14.9. The van der Waals surface area contributed by atoms with Gasteiger partial charge in [-0.25, -0.2) is 9.79 Å². The van der Waals surface area contributed by atoms with Crippen LogP contribution in [0.25, 0.3) is 6.08 Å². The van der Waals surface area contributed by atoms with Crippen LogP contribution in [-0.4, -0.2) is 28.2 Å². The number of fused-ring (bicyclic) bond motifs is 1. The lowest BCUT2D eigenvalue weighted by Gasteiger charge is -2.25. The Bertz CT molecular complexity index is 1760. The number of hydrogen-bond acceptors (Lipinski definition) is 6. The molecule has 1 aliphatic heterocycles. The summed E-state index contributed by atoms with van der Waals surface area (Å²) in [5.74, 6) is -1.01. The lowest BCUT2D eigenvalue weighted by Crippen LogP contribution is -2.40. The molecule has 0 bridgehead atoms. The van der Waals surface area contributed by atoms with Crippen LogP contribution in [-0.2, 0) is 9.59 Å². The summed E-state index contributed by atoms with van der Waals surface area (Å²) < 4.78 is 7.15. The van der Waals surface area contributed by atoms with Crippen LogP contribution in [0.1, 0.15) is 24.1 Å². The fraction of sp³-hybridized carbons (Fsp3) is 0.103. The average molecular weight is 560 g/mol. The largest absolute Gasteiger partial charge is 0.482 e. The topological polar surface area (TPSA) is 110 Å². The van der Waals surface area contributed by atoms with Gasteiger partial charge in [0.05, 0.1) is 21.8 Å². The van der Waals surface area contributed by atoms with E-state index in [2.05, 4.69) is 10.3 Å². The second-order valence-electron chi connectivity index (χ2n) is 8.70. The summed E-state index contributed by atoms with van der Waals surface area (Å²) in [6, 6.07) is 22.2. The van der Waals surface area contributed by atoms with Crippen LogP contribution >= 0.6 is 22.9 Å². The van der Waals surface area contributed by atoms with Gasteiger partial charge in [0.1, 0.15) is 5.75 Å². The average Bonchev–Trinajstić information content (AvgIpc) is 3.22. The molecule has 0 aliphatic carbocycles. The number of rotatable bonds is 7. The zero-order chi connectivity index (χ0) is 27.5. The van der Waals surface area contributed by atoms with Crippen LogP contribution in [0.2, 0.25) is 5.02 Å². The Morgan fingerprint density at radius 3 is 2.44 bits per heavy atom. The summed E-state index contributed by atoms with van der Waals surface area (Å²) in [5, 5.41) is 12.2. The number of hydrogen-bond donors (Lipinski definition) is 2. The summed E-state index contributed by atoms with van der Waals surface area (Å²) >= 11 is 7.36. The van der Waals surface area contributed by atoms with E-state index >= 15 is 0 Å². The van der Waals surface area contributed by atoms with Crippen molar-refractivity contribution in [3.8, 4) is 5.75 Å². The molecule has 1 atom stereocenters. The number of aromatic nitrogens is 1. The van der Waals surface area contributed by atoms with Crippen molar-refractivity contribution in [2.45, 2.75) is 13.0 Å². The molecular weight excluding hydrogens is 538 g/mol. The Balaban J connectivity index is 1.58. The van der Waals surface area contributed by atoms with E-state index in [-0.39, 0.29) is 11.5 Å². The maximum Gasteiger partial charge on any atom is 0.341 e. The summed E-state index contributed by atoms with van der Waals surface area (Å²) in [7, 11) is 0. The van der Waals surface area contributed by atoms with E-state index in [9.17, 15) is 14.4 Å². The maximum absolute atomic E-state index is 13.8. The number of aliphatic carboxylic acids is 1. The van der Waals surface area contributed by atoms with Crippen LogP contribution in [0.4, 0.5) is 5.69 Å². The van der Waals surface area contributed by atoms with Crippen LogP contribution < -0.4 is 24.9 Å². The number of nitrogens with zero attached hydrogens (tertiary/aromatic N) is 2. The maximum atomic E-state index is 13.8. The Morgan fingerprint density at radius 2 is 1.77 bits per heavy atom. The third-order valence-corrected chi connectivity index (χ3v) is 7.26. The number of carbonyl (C=O) groups excluding carboxylic acids is 1. The van der Waals surface area contributed by atoms with Gasteiger partial charge in [0, 0.05) is 10.7 Å². The van der Waals surface area contributed by atoms with Gasteiger partial charge < -0.3 is 15.2 Å². The number of carboxylic acid groups (broad SMARTS) is 1. The molecule has 1 aliphatic rings. The molecule has 1 amide bonds. The quantitative estimate of drug-likeness (QED) is 0.356. The van der Waals surface area contributed by atoms with Crippen LogP contribution in [0, 0.1) is 0 Å². The Morgan fingerprint density at radius 1 is 1.08 bits per heavy atom. The predicted octanol–water partition coefficient (Wildman–Crippen LogP) is 3.99. The van der Waals surface area contributed by atoms with E-state index in [1.165, 1.54) is 15.9 Å². The van der Waals surface area contributed by atoms with Crippen molar-refractivity contribution in [3.63, 3.8) is 0 Å². The number of para-hydroxylation sites is 1. The summed E-state index contributed by atoms with van der Waals surface area (Å²) in [5.41, 5.74) is 2.66. The minimum atomic E-state index is -1.07. The van der Waals surface area contributed by atoms with Crippen molar-refractivity contribution in [1.29, 1.82) is 0 Å². The molecule has 5 rings (SSSR count). The van der Waals surface area contributed by atoms with Crippen LogP contribution in [0.15, 0.2) is 99.9 Å². The minimum absolute atomic E-state index is 0.289. The molecule has 1 aromatic heterocycles. The molecule has 0 spiro atoms. The first kappa shape index (κ1) is 26.1. The first-order chi connectivity index (χ1) is 18.8. The highest BCUT2D eigenvalue weighted by Gasteiger charge is 2.32. The number of nitrogens with one attached hydrogen (secondary N) is 1. The van der Waals surface area contributed by atoms with Gasteiger partial charge in [-0.2, -0.15) is 0 Å². The van der Waals surface area contributed by atoms with Gasteiger partial charge in [0.25, 0.3) is 11.5 Å². The first-order valence-corrected chi connectivity index (χ1v) is 13.1. The smallest absolute Gasteiger partial charge is 0.341 e. The zero-order valence-corrected chi connectivity index (χ0v) is 22.2. The van der Waals surface area contributed by atoms with Gasteiger partial charge in [-0.3, -0.25) is 14.2 Å². The molecule has 196 valence electrons. The predicted molar refractivity (Wildman–Crippen MR) is 150 cm³/mol. The summed E-state index contributed by atoms with van der Waals surface area (Å²) in [4.78, 5) is 43.2. The molecule has 3 aromatic carbocycles. The van der Waals surface area contributed by atoms with E-state index in [4.69, 9.17) is 21.4 Å². The van der Waals surface area contributed by atoms with Gasteiger partial charge in [-0.05, 0) is 60.5 Å². The van der Waals surface area contributed by atoms with Gasteiger partial charge in [0.15, 0.2) is 11.4 Å². The molecule has 39 heavy (non-hydrogen) atoms. The van der Waals surface area contributed by atoms with Gasteiger partial charge in [-0.15, -0.1) is 0 Å². The highest BCUT2D eigenvalue weighted by molar-refractivity contribution is 7.07. The van der Waals surface area contributed by atoms with Crippen molar-refractivity contribution >= 4 is 46.6 Å². The highest BCUT2D eigenvalue weighted by Crippen LogP contribution is 2.31. The Kier molecular flexibility index (Phi) is 7.44. The summed E-state index contributed by atoms with van der Waals surface area (Å²) in [6.07, 6.45) is 1.73. The lowest BCUT2D eigenvalue weighted by molar-refractivity contribution is -0.139. The Hall–Kier alpha value is -4.47. The molecule has 4 aromatic rings. The van der Waals surface area contributed by atoms with Crippen molar-refractivity contribution in [1.82, 2.24) is 4.57 Å². The number of carboxylic acids is 1. The zero-order valence-electron chi connectivity index (χ0n) is 20.6. The molecule has 2 heterocycles. The number of carbonyl (C=O) groups is 2. The van der Waals surface area contributed by atoms with Crippen LogP contribution in [0.5, 0.6) is 5.75 Å². The molecular formula is C29H22ClN3O5S. The fourth-order valence-corrected chi connectivity index (χ4v) is 5.42. The molecule has 0 saturated carbocycles. The molecule has 0 saturated heterocycles.